The van der Waals surface area contributed by atoms with Crippen LogP contribution in [0.2, 0.25) is 0 Å². The number of nitrogens with one attached hydrogen (secondary N) is 1. The van der Waals surface area contributed by atoms with Crippen LogP contribution in [0.4, 0.5) is 0 Å². The van der Waals surface area contributed by atoms with Crippen molar-refractivity contribution in [1.29, 1.82) is 0 Å². The summed E-state index contributed by atoms with van der Waals surface area (Å²) in [5.41, 5.74) is 0. The summed E-state index contributed by atoms with van der Waals surface area (Å²) in [5.74, 6) is 0.680. The second kappa shape index (κ2) is 8.03. The Kier molecular flexibility index (Phi) is 7.04. The summed E-state index contributed by atoms with van der Waals surface area (Å²) < 4.78 is 10.6. The highest BCUT2D eigenvalue weighted by Crippen LogP contribution is 2.09. The lowest BCUT2D eigenvalue weighted by Crippen LogP contribution is -2.44. The Labute approximate surface area is 106 Å². The van der Waals surface area contributed by atoms with Crippen molar-refractivity contribution in [3.63, 3.8) is 0 Å². The van der Waals surface area contributed by atoms with E-state index < -0.39 is 0 Å². The second-order valence-corrected chi connectivity index (χ2v) is 5.23. The van der Waals surface area contributed by atoms with Gasteiger partial charge in [0, 0.05) is 33.4 Å². The molecular weight excluding hydrogens is 216 g/mol. The van der Waals surface area contributed by atoms with Crippen LogP contribution >= 0.6 is 0 Å². The standard InChI is InChI=1S/C13H28N2O2/c1-11(2)13-9-15(7-5-6-14-13)8-12(17-4)10-16-3/h11-14H,5-10H2,1-4H3. The molecule has 0 aromatic heterocycles. The van der Waals surface area contributed by atoms with Gasteiger partial charge in [0.15, 0.2) is 0 Å². The van der Waals surface area contributed by atoms with Crippen LogP contribution in [0.1, 0.15) is 20.3 Å². The maximum Gasteiger partial charge on any atom is 0.0931 e. The summed E-state index contributed by atoms with van der Waals surface area (Å²) in [6.07, 6.45) is 1.40. The van der Waals surface area contributed by atoms with E-state index in [9.17, 15) is 0 Å². The van der Waals surface area contributed by atoms with Crippen molar-refractivity contribution in [3.8, 4) is 0 Å². The molecule has 0 bridgehead atoms. The molecule has 4 nitrogen and oxygen atoms in total. The van der Waals surface area contributed by atoms with Gasteiger partial charge in [0.25, 0.3) is 0 Å². The molecule has 0 radical (unpaired) electrons. The van der Waals surface area contributed by atoms with Gasteiger partial charge in [0.2, 0.25) is 0 Å². The molecule has 0 amide bonds. The topological polar surface area (TPSA) is 33.7 Å². The average Bonchev–Trinajstić information content (AvgIpc) is 2.54. The van der Waals surface area contributed by atoms with E-state index in [1.807, 2.05) is 0 Å². The van der Waals surface area contributed by atoms with Gasteiger partial charge in [-0.2, -0.15) is 0 Å². The number of hydrogen-bond acceptors (Lipinski definition) is 4. The molecule has 0 spiro atoms. The number of rotatable bonds is 6. The van der Waals surface area contributed by atoms with E-state index in [-0.39, 0.29) is 6.10 Å². The number of nitrogens with zero attached hydrogens (tertiary/aromatic N) is 1. The van der Waals surface area contributed by atoms with Crippen LogP contribution in [0, 0.1) is 5.92 Å². The third kappa shape index (κ3) is 5.34. The smallest absolute Gasteiger partial charge is 0.0931 e. The molecular formula is C13H28N2O2. The van der Waals surface area contributed by atoms with Crippen molar-refractivity contribution in [2.45, 2.75) is 32.4 Å². The first-order chi connectivity index (χ1) is 8.17. The predicted molar refractivity (Wildman–Crippen MR) is 70.4 cm³/mol. The second-order valence-electron chi connectivity index (χ2n) is 5.23. The SMILES string of the molecule is COCC(CN1CCCNC(C(C)C)C1)OC. The molecule has 102 valence electrons. The van der Waals surface area contributed by atoms with Crippen LogP contribution in [-0.2, 0) is 9.47 Å². The summed E-state index contributed by atoms with van der Waals surface area (Å²) in [7, 11) is 3.49. The number of ether oxygens (including phenoxy) is 2. The lowest BCUT2D eigenvalue weighted by molar-refractivity contribution is 0.00517. The van der Waals surface area contributed by atoms with Crippen molar-refractivity contribution in [2.75, 3.05) is 47.0 Å². The van der Waals surface area contributed by atoms with Crippen molar-refractivity contribution in [3.05, 3.63) is 0 Å². The van der Waals surface area contributed by atoms with Gasteiger partial charge < -0.3 is 14.8 Å². The van der Waals surface area contributed by atoms with E-state index in [0.29, 0.717) is 18.6 Å². The van der Waals surface area contributed by atoms with Crippen molar-refractivity contribution in [2.24, 2.45) is 5.92 Å². The van der Waals surface area contributed by atoms with Crippen LogP contribution in [-0.4, -0.2) is 64.1 Å². The molecule has 1 aliphatic heterocycles. The maximum absolute atomic E-state index is 5.44. The molecule has 1 saturated heterocycles. The summed E-state index contributed by atoms with van der Waals surface area (Å²) in [6.45, 7) is 9.60. The molecule has 4 heteroatoms. The van der Waals surface area contributed by atoms with Gasteiger partial charge in [-0.15, -0.1) is 0 Å². The average molecular weight is 244 g/mol. The van der Waals surface area contributed by atoms with Crippen molar-refractivity contribution >= 4 is 0 Å². The molecule has 0 saturated carbocycles. The molecule has 0 aliphatic carbocycles. The molecule has 2 unspecified atom stereocenters. The van der Waals surface area contributed by atoms with Crippen molar-refractivity contribution in [1.82, 2.24) is 10.2 Å². The van der Waals surface area contributed by atoms with Gasteiger partial charge in [-0.25, -0.2) is 0 Å². The van der Waals surface area contributed by atoms with Gasteiger partial charge in [-0.3, -0.25) is 4.90 Å². The van der Waals surface area contributed by atoms with Gasteiger partial charge in [0.1, 0.15) is 0 Å². The Bertz CT molecular complexity index is 200. The molecule has 17 heavy (non-hydrogen) atoms. The molecule has 1 heterocycles. The lowest BCUT2D eigenvalue weighted by atomic mass is 10.0. The highest BCUT2D eigenvalue weighted by molar-refractivity contribution is 4.80. The quantitative estimate of drug-likeness (QED) is 0.755. The Morgan fingerprint density at radius 1 is 1.35 bits per heavy atom. The molecule has 0 aromatic carbocycles. The molecule has 2 atom stereocenters. The van der Waals surface area contributed by atoms with E-state index in [0.717, 1.165) is 26.2 Å². The van der Waals surface area contributed by atoms with E-state index >= 15 is 0 Å². The molecule has 0 aromatic rings. The van der Waals surface area contributed by atoms with Gasteiger partial charge in [0.05, 0.1) is 12.7 Å². The van der Waals surface area contributed by atoms with Crippen LogP contribution < -0.4 is 5.32 Å². The maximum atomic E-state index is 5.44. The zero-order valence-electron chi connectivity index (χ0n) is 11.7. The largest absolute Gasteiger partial charge is 0.382 e. The van der Waals surface area contributed by atoms with Gasteiger partial charge in [-0.05, 0) is 25.4 Å². The highest BCUT2D eigenvalue weighted by atomic mass is 16.5. The first kappa shape index (κ1) is 14.9. The van der Waals surface area contributed by atoms with E-state index in [4.69, 9.17) is 9.47 Å². The molecule has 1 aliphatic rings. The fourth-order valence-corrected chi connectivity index (χ4v) is 2.31. The zero-order valence-corrected chi connectivity index (χ0v) is 11.7. The lowest BCUT2D eigenvalue weighted by Gasteiger charge is -2.29. The van der Waals surface area contributed by atoms with E-state index in [1.54, 1.807) is 14.2 Å². The van der Waals surface area contributed by atoms with Gasteiger partial charge in [-0.1, -0.05) is 13.8 Å². The minimum Gasteiger partial charge on any atom is -0.382 e. The Morgan fingerprint density at radius 3 is 2.71 bits per heavy atom. The Morgan fingerprint density at radius 2 is 2.12 bits per heavy atom. The molecule has 1 fully saturated rings. The van der Waals surface area contributed by atoms with Crippen LogP contribution in [0.15, 0.2) is 0 Å². The minimum atomic E-state index is 0.186. The Hall–Kier alpha value is -0.160. The number of methoxy groups -OCH3 is 2. The van der Waals surface area contributed by atoms with Gasteiger partial charge >= 0.3 is 0 Å². The predicted octanol–water partition coefficient (Wildman–Crippen LogP) is 0.968. The molecule has 1 rings (SSSR count). The number of hydrogen-bond donors (Lipinski definition) is 1. The zero-order chi connectivity index (χ0) is 12.7. The first-order valence-electron chi connectivity index (χ1n) is 6.64. The summed E-state index contributed by atoms with van der Waals surface area (Å²) >= 11 is 0. The summed E-state index contributed by atoms with van der Waals surface area (Å²) in [5, 5.41) is 3.62. The van der Waals surface area contributed by atoms with Crippen LogP contribution in [0.3, 0.4) is 0 Å². The monoisotopic (exact) mass is 244 g/mol. The minimum absolute atomic E-state index is 0.186. The van der Waals surface area contributed by atoms with E-state index in [1.165, 1.54) is 6.42 Å². The van der Waals surface area contributed by atoms with E-state index in [2.05, 4.69) is 24.1 Å². The first-order valence-corrected chi connectivity index (χ1v) is 6.64. The highest BCUT2D eigenvalue weighted by Gasteiger charge is 2.22. The molecule has 1 N–H and O–H groups in total. The van der Waals surface area contributed by atoms with Crippen LogP contribution in [0.5, 0.6) is 0 Å². The third-order valence-corrected chi connectivity index (χ3v) is 3.47. The fraction of sp³-hybridized carbons (Fsp3) is 1.00. The van der Waals surface area contributed by atoms with Crippen LogP contribution in [0.25, 0.3) is 0 Å². The summed E-state index contributed by atoms with van der Waals surface area (Å²) in [4.78, 5) is 2.50. The fourth-order valence-electron chi connectivity index (χ4n) is 2.31. The summed E-state index contributed by atoms with van der Waals surface area (Å²) in [6, 6.07) is 0.595. The van der Waals surface area contributed by atoms with Crippen molar-refractivity contribution < 1.29 is 9.47 Å². The third-order valence-electron chi connectivity index (χ3n) is 3.47. The Balaban J connectivity index is 2.44. The normalized spacial score (nSPS) is 24.9.